The molecule has 0 unspecified atom stereocenters. The molecule has 0 radical (unpaired) electrons. The molecule has 3 aliphatic rings. The molecular formula is C15H19NO3. The van der Waals surface area contributed by atoms with Crippen LogP contribution in [0.3, 0.4) is 0 Å². The number of phenols is 1. The van der Waals surface area contributed by atoms with Gasteiger partial charge in [0, 0.05) is 31.0 Å². The summed E-state index contributed by atoms with van der Waals surface area (Å²) in [7, 11) is 0. The van der Waals surface area contributed by atoms with Crippen LogP contribution in [0.15, 0.2) is 18.2 Å². The van der Waals surface area contributed by atoms with Crippen molar-refractivity contribution in [1.29, 1.82) is 0 Å². The molecular weight excluding hydrogens is 242 g/mol. The Morgan fingerprint density at radius 3 is 2.95 bits per heavy atom. The lowest BCUT2D eigenvalue weighted by molar-refractivity contribution is -0.115. The zero-order chi connectivity index (χ0) is 12.9. The first kappa shape index (κ1) is 11.6. The van der Waals surface area contributed by atoms with Crippen LogP contribution in [0.5, 0.6) is 11.5 Å². The molecule has 4 nitrogen and oxygen atoms in total. The van der Waals surface area contributed by atoms with E-state index < -0.39 is 0 Å². The number of hydrogen-bond donors (Lipinski definition) is 1. The standard InChI is InChI=1S/C15H19NO3/c17-11-3-4-14-12(10-11)13-2-1-5-15(13,19-14)16-6-8-18-9-7-16/h3-4,10,13,17H,1-2,5-9H2/t13-,15-/m0/s1. The topological polar surface area (TPSA) is 41.9 Å². The number of hydrogen-bond acceptors (Lipinski definition) is 4. The summed E-state index contributed by atoms with van der Waals surface area (Å²) in [5.41, 5.74) is 1.00. The second-order valence-electron chi connectivity index (χ2n) is 5.71. The number of rotatable bonds is 1. The van der Waals surface area contributed by atoms with Crippen LogP contribution in [0.2, 0.25) is 0 Å². The lowest BCUT2D eigenvalue weighted by Crippen LogP contribution is -2.56. The highest BCUT2D eigenvalue weighted by Crippen LogP contribution is 2.55. The molecule has 2 fully saturated rings. The maximum atomic E-state index is 9.72. The van der Waals surface area contributed by atoms with Crippen molar-refractivity contribution >= 4 is 0 Å². The van der Waals surface area contributed by atoms with Crippen LogP contribution in [0, 0.1) is 0 Å². The molecule has 0 spiro atoms. The Labute approximate surface area is 112 Å². The Balaban J connectivity index is 1.73. The Hall–Kier alpha value is -1.26. The van der Waals surface area contributed by atoms with Gasteiger partial charge in [-0.15, -0.1) is 0 Å². The van der Waals surface area contributed by atoms with Crippen LogP contribution in [0.1, 0.15) is 30.7 Å². The third-order valence-corrected chi connectivity index (χ3v) is 4.77. The average Bonchev–Trinajstić information content (AvgIpc) is 2.97. The van der Waals surface area contributed by atoms with Gasteiger partial charge in [-0.1, -0.05) is 0 Å². The first-order chi connectivity index (χ1) is 9.29. The number of aromatic hydroxyl groups is 1. The monoisotopic (exact) mass is 261 g/mol. The van der Waals surface area contributed by atoms with Crippen LogP contribution >= 0.6 is 0 Å². The second kappa shape index (κ2) is 4.12. The number of benzene rings is 1. The Morgan fingerprint density at radius 2 is 2.11 bits per heavy atom. The van der Waals surface area contributed by atoms with Crippen LogP contribution < -0.4 is 4.74 Å². The number of morpholine rings is 1. The molecule has 1 saturated heterocycles. The van der Waals surface area contributed by atoms with Gasteiger partial charge >= 0.3 is 0 Å². The van der Waals surface area contributed by atoms with Gasteiger partial charge in [0.15, 0.2) is 5.72 Å². The summed E-state index contributed by atoms with van der Waals surface area (Å²) in [6, 6.07) is 5.51. The molecule has 102 valence electrons. The molecule has 1 aliphatic carbocycles. The SMILES string of the molecule is Oc1ccc2c(c1)[C@@H]1CCC[C@]1(N1CCOCC1)O2. The maximum Gasteiger partial charge on any atom is 0.170 e. The van der Waals surface area contributed by atoms with Crippen molar-refractivity contribution in [3.63, 3.8) is 0 Å². The van der Waals surface area contributed by atoms with Crippen LogP contribution in [0.25, 0.3) is 0 Å². The predicted octanol–water partition coefficient (Wildman–Crippen LogP) is 2.08. The van der Waals surface area contributed by atoms with E-state index in [0.29, 0.717) is 11.7 Å². The highest BCUT2D eigenvalue weighted by Gasteiger charge is 2.55. The van der Waals surface area contributed by atoms with E-state index in [1.165, 1.54) is 12.0 Å². The Kier molecular flexibility index (Phi) is 2.50. The van der Waals surface area contributed by atoms with Crippen molar-refractivity contribution < 1.29 is 14.6 Å². The molecule has 19 heavy (non-hydrogen) atoms. The minimum absolute atomic E-state index is 0.181. The van der Waals surface area contributed by atoms with E-state index in [1.807, 2.05) is 12.1 Å². The third-order valence-electron chi connectivity index (χ3n) is 4.77. The van der Waals surface area contributed by atoms with Crippen LogP contribution in [-0.4, -0.2) is 42.0 Å². The summed E-state index contributed by atoms with van der Waals surface area (Å²) in [6.45, 7) is 3.46. The minimum Gasteiger partial charge on any atom is -0.508 e. The van der Waals surface area contributed by atoms with Crippen molar-refractivity contribution in [2.24, 2.45) is 0 Å². The lowest BCUT2D eigenvalue weighted by atomic mass is 9.92. The molecule has 0 bridgehead atoms. The van der Waals surface area contributed by atoms with Gasteiger partial charge in [0.2, 0.25) is 0 Å². The molecule has 2 aliphatic heterocycles. The van der Waals surface area contributed by atoms with Crippen LogP contribution in [-0.2, 0) is 4.74 Å². The fourth-order valence-electron chi connectivity index (χ4n) is 3.96. The van der Waals surface area contributed by atoms with E-state index in [2.05, 4.69) is 4.90 Å². The van der Waals surface area contributed by atoms with E-state index >= 15 is 0 Å². The third kappa shape index (κ3) is 1.60. The average molecular weight is 261 g/mol. The lowest BCUT2D eigenvalue weighted by Gasteiger charge is -2.42. The first-order valence-electron chi connectivity index (χ1n) is 7.14. The van der Waals surface area contributed by atoms with E-state index in [1.54, 1.807) is 6.07 Å². The summed E-state index contributed by atoms with van der Waals surface area (Å²) in [5.74, 6) is 1.69. The van der Waals surface area contributed by atoms with Gasteiger partial charge in [0.25, 0.3) is 0 Å². The van der Waals surface area contributed by atoms with Crippen LogP contribution in [0.4, 0.5) is 0 Å². The summed E-state index contributed by atoms with van der Waals surface area (Å²) < 4.78 is 11.8. The predicted molar refractivity (Wildman–Crippen MR) is 70.4 cm³/mol. The highest BCUT2D eigenvalue weighted by molar-refractivity contribution is 5.47. The number of fused-ring (bicyclic) bond motifs is 3. The van der Waals surface area contributed by atoms with Crippen molar-refractivity contribution in [2.75, 3.05) is 26.3 Å². The normalized spacial score (nSPS) is 33.8. The Morgan fingerprint density at radius 1 is 1.26 bits per heavy atom. The molecule has 0 aromatic heterocycles. The fraction of sp³-hybridized carbons (Fsp3) is 0.600. The van der Waals surface area contributed by atoms with Gasteiger partial charge in [0.05, 0.1) is 13.2 Å². The van der Waals surface area contributed by atoms with Gasteiger partial charge in [-0.3, -0.25) is 4.90 Å². The zero-order valence-electron chi connectivity index (χ0n) is 11.0. The Bertz CT molecular complexity index is 498. The van der Waals surface area contributed by atoms with Crippen molar-refractivity contribution in [1.82, 2.24) is 4.90 Å². The number of phenolic OH excluding ortho intramolecular Hbond substituents is 1. The number of nitrogens with zero attached hydrogens (tertiary/aromatic N) is 1. The van der Waals surface area contributed by atoms with E-state index in [9.17, 15) is 5.11 Å². The van der Waals surface area contributed by atoms with Gasteiger partial charge in [-0.25, -0.2) is 0 Å². The zero-order valence-corrected chi connectivity index (χ0v) is 11.0. The van der Waals surface area contributed by atoms with Crippen molar-refractivity contribution in [3.8, 4) is 11.5 Å². The van der Waals surface area contributed by atoms with Gasteiger partial charge in [-0.05, 0) is 31.0 Å². The molecule has 1 aromatic rings. The van der Waals surface area contributed by atoms with E-state index in [4.69, 9.17) is 9.47 Å². The molecule has 1 aromatic carbocycles. The van der Waals surface area contributed by atoms with E-state index in [0.717, 1.165) is 44.9 Å². The molecule has 4 heteroatoms. The summed E-state index contributed by atoms with van der Waals surface area (Å²) in [5, 5.41) is 9.72. The largest absolute Gasteiger partial charge is 0.508 e. The molecule has 2 atom stereocenters. The summed E-state index contributed by atoms with van der Waals surface area (Å²) in [4.78, 5) is 2.45. The molecule has 2 heterocycles. The first-order valence-corrected chi connectivity index (χ1v) is 7.14. The quantitative estimate of drug-likeness (QED) is 0.840. The second-order valence-corrected chi connectivity index (χ2v) is 5.71. The molecule has 1 N–H and O–H groups in total. The molecule has 1 saturated carbocycles. The smallest absolute Gasteiger partial charge is 0.170 e. The van der Waals surface area contributed by atoms with Gasteiger partial charge in [-0.2, -0.15) is 0 Å². The van der Waals surface area contributed by atoms with Gasteiger partial charge < -0.3 is 14.6 Å². The fourth-order valence-corrected chi connectivity index (χ4v) is 3.96. The number of ether oxygens (including phenoxy) is 2. The molecule has 0 amide bonds. The van der Waals surface area contributed by atoms with Crippen molar-refractivity contribution in [2.45, 2.75) is 30.9 Å². The van der Waals surface area contributed by atoms with E-state index in [-0.39, 0.29) is 5.72 Å². The van der Waals surface area contributed by atoms with Crippen molar-refractivity contribution in [3.05, 3.63) is 23.8 Å². The minimum atomic E-state index is -0.181. The summed E-state index contributed by atoms with van der Waals surface area (Å²) in [6.07, 6.45) is 3.41. The highest BCUT2D eigenvalue weighted by atomic mass is 16.5. The van der Waals surface area contributed by atoms with Gasteiger partial charge in [0.1, 0.15) is 11.5 Å². The maximum absolute atomic E-state index is 9.72. The molecule has 4 rings (SSSR count). The summed E-state index contributed by atoms with van der Waals surface area (Å²) >= 11 is 0.